The van der Waals surface area contributed by atoms with Gasteiger partial charge in [-0.25, -0.2) is 13.4 Å². The number of amides is 1. The first-order valence-corrected chi connectivity index (χ1v) is 12.8. The molecule has 3 heterocycles. The fourth-order valence-electron chi connectivity index (χ4n) is 4.49. The summed E-state index contributed by atoms with van der Waals surface area (Å²) in [5.41, 5.74) is 1.63. The third-order valence-electron chi connectivity index (χ3n) is 6.37. The normalized spacial score (nSPS) is 18.8. The monoisotopic (exact) mass is 447 g/mol. The zero-order valence-electron chi connectivity index (χ0n) is 18.6. The Morgan fingerprint density at radius 1 is 1.06 bits per heavy atom. The van der Waals surface area contributed by atoms with Crippen molar-refractivity contribution in [2.45, 2.75) is 50.5 Å². The Kier molecular flexibility index (Phi) is 6.64. The van der Waals surface area contributed by atoms with Gasteiger partial charge in [-0.2, -0.15) is 4.31 Å². The lowest BCUT2D eigenvalue weighted by Crippen LogP contribution is -2.47. The summed E-state index contributed by atoms with van der Waals surface area (Å²) in [4.78, 5) is 21.9. The lowest BCUT2D eigenvalue weighted by molar-refractivity contribution is -0.132. The molecule has 31 heavy (non-hydrogen) atoms. The zero-order valence-corrected chi connectivity index (χ0v) is 19.4. The van der Waals surface area contributed by atoms with E-state index >= 15 is 0 Å². The van der Waals surface area contributed by atoms with E-state index in [9.17, 15) is 13.2 Å². The van der Waals surface area contributed by atoms with E-state index in [1.54, 1.807) is 16.4 Å². The lowest BCUT2D eigenvalue weighted by atomic mass is 10.2. The molecular formula is C22H33N5O3S. The van der Waals surface area contributed by atoms with Gasteiger partial charge in [0.1, 0.15) is 5.82 Å². The number of hydrogen-bond acceptors (Lipinski definition) is 5. The first kappa shape index (κ1) is 22.2. The van der Waals surface area contributed by atoms with E-state index in [2.05, 4.69) is 23.4 Å². The van der Waals surface area contributed by atoms with Gasteiger partial charge < -0.3 is 14.4 Å². The number of rotatable bonds is 7. The highest BCUT2D eigenvalue weighted by Gasteiger charge is 2.28. The highest BCUT2D eigenvalue weighted by molar-refractivity contribution is 7.89. The largest absolute Gasteiger partial charge is 0.340 e. The Labute approximate surface area is 184 Å². The van der Waals surface area contributed by atoms with Crippen LogP contribution in [0.3, 0.4) is 0 Å². The van der Waals surface area contributed by atoms with Crippen LogP contribution in [0.25, 0.3) is 11.0 Å². The summed E-state index contributed by atoms with van der Waals surface area (Å²) >= 11 is 0. The summed E-state index contributed by atoms with van der Waals surface area (Å²) in [6.45, 7) is 7.46. The van der Waals surface area contributed by atoms with Gasteiger partial charge in [0, 0.05) is 58.7 Å². The molecule has 1 amide bonds. The number of piperazine rings is 1. The second-order valence-corrected chi connectivity index (χ2v) is 10.6. The van der Waals surface area contributed by atoms with Crippen molar-refractivity contribution in [1.29, 1.82) is 0 Å². The molecule has 0 spiro atoms. The minimum atomic E-state index is -3.47. The lowest BCUT2D eigenvalue weighted by Gasteiger charge is -2.32. The summed E-state index contributed by atoms with van der Waals surface area (Å²) in [5, 5.41) is 0. The summed E-state index contributed by atoms with van der Waals surface area (Å²) in [5.74, 6) is 1.02. The van der Waals surface area contributed by atoms with Gasteiger partial charge in [0.05, 0.1) is 15.9 Å². The predicted molar refractivity (Wildman–Crippen MR) is 120 cm³/mol. The number of benzene rings is 1. The molecule has 9 heteroatoms. The molecule has 0 N–H and O–H groups in total. The van der Waals surface area contributed by atoms with Crippen LogP contribution < -0.4 is 0 Å². The highest BCUT2D eigenvalue weighted by Crippen LogP contribution is 2.26. The molecule has 0 atom stereocenters. The SMILES string of the molecule is CCCn1c(CCC(=O)N2CCN(C)CC2)nc2cc(S(=O)(=O)N3CCCC3)ccc21. The number of carbonyl (C=O) groups excluding carboxylic acids is 1. The molecule has 2 saturated heterocycles. The molecule has 0 saturated carbocycles. The smallest absolute Gasteiger partial charge is 0.243 e. The summed E-state index contributed by atoms with van der Waals surface area (Å²) in [6.07, 6.45) is 3.76. The maximum atomic E-state index is 12.9. The molecule has 1 aromatic carbocycles. The summed E-state index contributed by atoms with van der Waals surface area (Å²) in [7, 11) is -1.39. The fraction of sp³-hybridized carbons (Fsp3) is 0.636. The van der Waals surface area contributed by atoms with Crippen molar-refractivity contribution in [3.8, 4) is 0 Å². The van der Waals surface area contributed by atoms with Crippen LogP contribution in [0.2, 0.25) is 0 Å². The Morgan fingerprint density at radius 3 is 2.45 bits per heavy atom. The van der Waals surface area contributed by atoms with Gasteiger partial charge in [0.25, 0.3) is 0 Å². The molecular weight excluding hydrogens is 414 g/mol. The molecule has 8 nitrogen and oxygen atoms in total. The average molecular weight is 448 g/mol. The average Bonchev–Trinajstić information content (AvgIpc) is 3.41. The number of hydrogen-bond donors (Lipinski definition) is 0. The molecule has 2 aliphatic heterocycles. The minimum absolute atomic E-state index is 0.167. The Hall–Kier alpha value is -1.97. The van der Waals surface area contributed by atoms with Crippen LogP contribution in [0.5, 0.6) is 0 Å². The number of sulfonamides is 1. The standard InChI is InChI=1S/C22H33N5O3S/c1-3-10-27-20-7-6-18(31(29,30)26-11-4-5-12-26)17-19(20)23-21(27)8-9-22(28)25-15-13-24(2)14-16-25/h6-7,17H,3-5,8-16H2,1-2H3. The van der Waals surface area contributed by atoms with Gasteiger partial charge in [-0.3, -0.25) is 4.79 Å². The van der Waals surface area contributed by atoms with E-state index in [1.165, 1.54) is 0 Å². The van der Waals surface area contributed by atoms with Crippen LogP contribution in [0.4, 0.5) is 0 Å². The second-order valence-electron chi connectivity index (χ2n) is 8.63. The van der Waals surface area contributed by atoms with Crippen LogP contribution in [-0.4, -0.2) is 84.3 Å². The Bertz CT molecular complexity index is 1030. The van der Waals surface area contributed by atoms with E-state index in [0.717, 1.165) is 63.3 Å². The number of aromatic nitrogens is 2. The third kappa shape index (κ3) is 4.63. The molecule has 2 aliphatic rings. The van der Waals surface area contributed by atoms with Gasteiger partial charge in [-0.1, -0.05) is 6.92 Å². The van der Waals surface area contributed by atoms with Crippen LogP contribution in [-0.2, 0) is 27.8 Å². The van der Waals surface area contributed by atoms with E-state index in [4.69, 9.17) is 4.98 Å². The van der Waals surface area contributed by atoms with Crippen LogP contribution in [0.1, 0.15) is 38.4 Å². The molecule has 1 aromatic heterocycles. The maximum absolute atomic E-state index is 12.9. The van der Waals surface area contributed by atoms with Crippen molar-refractivity contribution in [2.24, 2.45) is 0 Å². The number of carbonyl (C=O) groups is 1. The third-order valence-corrected chi connectivity index (χ3v) is 8.26. The first-order valence-electron chi connectivity index (χ1n) is 11.4. The van der Waals surface area contributed by atoms with Crippen molar-refractivity contribution in [3.63, 3.8) is 0 Å². The van der Waals surface area contributed by atoms with E-state index in [0.29, 0.717) is 36.3 Å². The van der Waals surface area contributed by atoms with Crippen molar-refractivity contribution in [1.82, 2.24) is 23.7 Å². The quantitative estimate of drug-likeness (QED) is 0.648. The van der Waals surface area contributed by atoms with Crippen LogP contribution >= 0.6 is 0 Å². The van der Waals surface area contributed by atoms with Gasteiger partial charge in [-0.15, -0.1) is 0 Å². The number of nitrogens with zero attached hydrogens (tertiary/aromatic N) is 5. The summed E-state index contributed by atoms with van der Waals surface area (Å²) in [6, 6.07) is 5.26. The molecule has 4 rings (SSSR count). The van der Waals surface area contributed by atoms with Crippen molar-refractivity contribution >= 4 is 27.0 Å². The molecule has 2 aromatic rings. The van der Waals surface area contributed by atoms with E-state index in [-0.39, 0.29) is 5.91 Å². The fourth-order valence-corrected chi connectivity index (χ4v) is 6.03. The number of likely N-dealkylation sites (N-methyl/N-ethyl adjacent to an activating group) is 1. The topological polar surface area (TPSA) is 78.8 Å². The van der Waals surface area contributed by atoms with Gasteiger partial charge in [0.2, 0.25) is 15.9 Å². The molecule has 0 radical (unpaired) electrons. The van der Waals surface area contributed by atoms with Gasteiger partial charge in [-0.05, 0) is 44.5 Å². The molecule has 2 fully saturated rings. The summed E-state index contributed by atoms with van der Waals surface area (Å²) < 4.78 is 29.6. The second kappa shape index (κ2) is 9.26. The molecule has 0 unspecified atom stereocenters. The van der Waals surface area contributed by atoms with Crippen molar-refractivity contribution < 1.29 is 13.2 Å². The minimum Gasteiger partial charge on any atom is -0.340 e. The molecule has 170 valence electrons. The number of fused-ring (bicyclic) bond motifs is 1. The maximum Gasteiger partial charge on any atom is 0.243 e. The van der Waals surface area contributed by atoms with Gasteiger partial charge >= 0.3 is 0 Å². The van der Waals surface area contributed by atoms with Gasteiger partial charge in [0.15, 0.2) is 0 Å². The van der Waals surface area contributed by atoms with Crippen molar-refractivity contribution in [3.05, 3.63) is 24.0 Å². The van der Waals surface area contributed by atoms with E-state index < -0.39 is 10.0 Å². The molecule has 0 aliphatic carbocycles. The predicted octanol–water partition coefficient (Wildman–Crippen LogP) is 1.94. The van der Waals surface area contributed by atoms with Crippen LogP contribution in [0, 0.1) is 0 Å². The Morgan fingerprint density at radius 2 is 1.77 bits per heavy atom. The molecule has 0 bridgehead atoms. The Balaban J connectivity index is 1.55. The zero-order chi connectivity index (χ0) is 22.0. The first-order chi connectivity index (χ1) is 14.9. The number of imidazole rings is 1. The van der Waals surface area contributed by atoms with Crippen LogP contribution in [0.15, 0.2) is 23.1 Å². The number of aryl methyl sites for hydroxylation is 2. The van der Waals surface area contributed by atoms with Crippen molar-refractivity contribution in [2.75, 3.05) is 46.3 Å². The highest BCUT2D eigenvalue weighted by atomic mass is 32.2. The van der Waals surface area contributed by atoms with E-state index in [1.807, 2.05) is 11.0 Å².